The van der Waals surface area contributed by atoms with Crippen molar-refractivity contribution in [2.75, 3.05) is 19.0 Å². The van der Waals surface area contributed by atoms with Crippen molar-refractivity contribution < 1.29 is 4.92 Å². The molecular formula is C20H20Cl2N4O2. The molecule has 0 aliphatic carbocycles. The van der Waals surface area contributed by atoms with Crippen LogP contribution in [-0.4, -0.2) is 38.3 Å². The van der Waals surface area contributed by atoms with E-state index in [0.717, 1.165) is 11.1 Å². The van der Waals surface area contributed by atoms with Crippen molar-refractivity contribution in [2.24, 2.45) is 0 Å². The summed E-state index contributed by atoms with van der Waals surface area (Å²) >= 11 is 12.2. The number of nitrogens with zero attached hydrogens (tertiary/aromatic N) is 4. The molecule has 0 bridgehead atoms. The molecule has 1 aromatic heterocycles. The number of imidazole rings is 1. The van der Waals surface area contributed by atoms with Crippen LogP contribution in [0, 0.1) is 10.1 Å². The van der Waals surface area contributed by atoms with Crippen LogP contribution < -0.4 is 0 Å². The largest absolute Gasteiger partial charge is 0.381 e. The Morgan fingerprint density at radius 3 is 2.36 bits per heavy atom. The summed E-state index contributed by atoms with van der Waals surface area (Å²) in [4.78, 5) is 16.4. The summed E-state index contributed by atoms with van der Waals surface area (Å²) in [6, 6.07) is 18.0. The molecule has 1 atom stereocenters. The number of aromatic nitrogens is 2. The average Bonchev–Trinajstić information content (AvgIpc) is 3.18. The lowest BCUT2D eigenvalue weighted by atomic mass is 9.97. The maximum Gasteiger partial charge on any atom is 0.381 e. The quantitative estimate of drug-likeness (QED) is 0.285. The molecule has 0 aliphatic heterocycles. The van der Waals surface area contributed by atoms with Crippen LogP contribution in [0.1, 0.15) is 17.2 Å². The molecule has 3 aromatic rings. The number of rotatable bonds is 9. The fourth-order valence-electron chi connectivity index (χ4n) is 3.18. The minimum absolute atomic E-state index is 0.00396. The minimum Gasteiger partial charge on any atom is -0.358 e. The van der Waals surface area contributed by atoms with E-state index in [1.54, 1.807) is 4.57 Å². The first kappa shape index (κ1) is 20.3. The number of hydrogen-bond donors (Lipinski definition) is 0. The highest BCUT2D eigenvalue weighted by Crippen LogP contribution is 2.29. The van der Waals surface area contributed by atoms with Crippen LogP contribution in [-0.2, 0) is 6.54 Å². The van der Waals surface area contributed by atoms with E-state index in [-0.39, 0.29) is 11.9 Å². The third-order valence-electron chi connectivity index (χ3n) is 4.49. The van der Waals surface area contributed by atoms with Crippen molar-refractivity contribution in [3.05, 3.63) is 93.4 Å². The Kier molecular flexibility index (Phi) is 7.03. The monoisotopic (exact) mass is 418 g/mol. The number of benzene rings is 2. The van der Waals surface area contributed by atoms with E-state index in [9.17, 15) is 10.1 Å². The highest BCUT2D eigenvalue weighted by Gasteiger charge is 2.22. The average molecular weight is 419 g/mol. The number of nitro groups is 1. The lowest BCUT2D eigenvalue weighted by Gasteiger charge is -2.32. The molecule has 0 aliphatic rings. The van der Waals surface area contributed by atoms with E-state index in [1.165, 1.54) is 12.5 Å². The highest BCUT2D eigenvalue weighted by atomic mass is 35.5. The second kappa shape index (κ2) is 9.68. The van der Waals surface area contributed by atoms with Crippen molar-refractivity contribution in [1.82, 2.24) is 14.5 Å². The lowest BCUT2D eigenvalue weighted by Crippen LogP contribution is -2.34. The van der Waals surface area contributed by atoms with Gasteiger partial charge in [-0.05, 0) is 33.2 Å². The molecule has 0 N–H and O–H groups in total. The minimum atomic E-state index is -0.493. The topological polar surface area (TPSA) is 64.2 Å². The molecule has 3 rings (SSSR count). The zero-order valence-electron chi connectivity index (χ0n) is 15.1. The number of halogens is 2. The van der Waals surface area contributed by atoms with Crippen molar-refractivity contribution in [3.63, 3.8) is 0 Å². The normalized spacial score (nSPS) is 12.2. The summed E-state index contributed by atoms with van der Waals surface area (Å²) in [6.07, 6.45) is 2.93. The molecule has 0 saturated heterocycles. The van der Waals surface area contributed by atoms with Gasteiger partial charge in [-0.2, -0.15) is 0 Å². The van der Waals surface area contributed by atoms with E-state index in [1.807, 2.05) is 42.5 Å². The van der Waals surface area contributed by atoms with Crippen LogP contribution in [0.25, 0.3) is 0 Å². The highest BCUT2D eigenvalue weighted by molar-refractivity contribution is 6.30. The fourth-order valence-corrected chi connectivity index (χ4v) is 3.52. The summed E-state index contributed by atoms with van der Waals surface area (Å²) < 4.78 is 1.73. The van der Waals surface area contributed by atoms with Gasteiger partial charge in [0.2, 0.25) is 6.33 Å². The molecule has 0 spiro atoms. The van der Waals surface area contributed by atoms with Gasteiger partial charge in [0.25, 0.3) is 0 Å². The van der Waals surface area contributed by atoms with E-state index < -0.39 is 4.92 Å². The van der Waals surface area contributed by atoms with Crippen LogP contribution in [0.4, 0.5) is 5.82 Å². The van der Waals surface area contributed by atoms with Gasteiger partial charge in [-0.15, -0.1) is 11.6 Å². The van der Waals surface area contributed by atoms with Gasteiger partial charge in [0, 0.05) is 30.5 Å². The van der Waals surface area contributed by atoms with Crippen LogP contribution >= 0.6 is 23.2 Å². The summed E-state index contributed by atoms with van der Waals surface area (Å²) in [6.45, 7) is 1.89. The first-order chi connectivity index (χ1) is 13.6. The Hall–Kier alpha value is -2.41. The molecule has 1 unspecified atom stereocenters. The standard InChI is InChI=1S/C20H20Cl2N4O2/c21-10-11-25(13-12-24-14-19(23-15-24)26(27)28)20(16-4-2-1-3-5-16)17-6-8-18(22)9-7-17/h1-9,14-15,20H,10-13H2. The lowest BCUT2D eigenvalue weighted by molar-refractivity contribution is -0.389. The predicted molar refractivity (Wildman–Crippen MR) is 111 cm³/mol. The predicted octanol–water partition coefficient (Wildman–Crippen LogP) is 4.78. The Labute approximate surface area is 173 Å². The van der Waals surface area contributed by atoms with E-state index in [4.69, 9.17) is 23.2 Å². The SMILES string of the molecule is O=[N+]([O-])c1cn(CCN(CCCl)C(c2ccccc2)c2ccc(Cl)cc2)cn1. The van der Waals surface area contributed by atoms with Crippen molar-refractivity contribution in [3.8, 4) is 0 Å². The molecule has 1 heterocycles. The van der Waals surface area contributed by atoms with E-state index in [2.05, 4.69) is 22.0 Å². The molecule has 0 radical (unpaired) electrons. The van der Waals surface area contributed by atoms with Gasteiger partial charge in [0.05, 0.1) is 6.04 Å². The third-order valence-corrected chi connectivity index (χ3v) is 4.91. The number of hydrogen-bond acceptors (Lipinski definition) is 4. The Morgan fingerprint density at radius 2 is 1.75 bits per heavy atom. The molecule has 8 heteroatoms. The number of alkyl halides is 1. The Morgan fingerprint density at radius 1 is 1.07 bits per heavy atom. The van der Waals surface area contributed by atoms with Gasteiger partial charge in [0.1, 0.15) is 6.20 Å². The second-order valence-electron chi connectivity index (χ2n) is 6.32. The molecular weight excluding hydrogens is 399 g/mol. The fraction of sp³-hybridized carbons (Fsp3) is 0.250. The summed E-state index contributed by atoms with van der Waals surface area (Å²) in [5.74, 6) is 0.322. The molecule has 146 valence electrons. The van der Waals surface area contributed by atoms with Crippen LogP contribution in [0.15, 0.2) is 67.1 Å². The van der Waals surface area contributed by atoms with Crippen molar-refractivity contribution in [2.45, 2.75) is 12.6 Å². The van der Waals surface area contributed by atoms with Gasteiger partial charge in [-0.3, -0.25) is 4.90 Å². The first-order valence-electron chi connectivity index (χ1n) is 8.85. The summed E-state index contributed by atoms with van der Waals surface area (Å²) in [5.41, 5.74) is 2.25. The molecule has 0 fully saturated rings. The third kappa shape index (κ3) is 5.10. The van der Waals surface area contributed by atoms with Gasteiger partial charge in [0.15, 0.2) is 0 Å². The van der Waals surface area contributed by atoms with Crippen molar-refractivity contribution in [1.29, 1.82) is 0 Å². The maximum absolute atomic E-state index is 10.9. The summed E-state index contributed by atoms with van der Waals surface area (Å²) in [5, 5.41) is 11.5. The van der Waals surface area contributed by atoms with Gasteiger partial charge in [-0.1, -0.05) is 54.1 Å². The van der Waals surface area contributed by atoms with E-state index >= 15 is 0 Å². The Bertz CT molecular complexity index is 900. The molecule has 6 nitrogen and oxygen atoms in total. The summed E-state index contributed by atoms with van der Waals surface area (Å²) in [7, 11) is 0. The zero-order valence-corrected chi connectivity index (χ0v) is 16.6. The Balaban J connectivity index is 1.87. The van der Waals surface area contributed by atoms with Crippen molar-refractivity contribution >= 4 is 29.0 Å². The van der Waals surface area contributed by atoms with Gasteiger partial charge < -0.3 is 14.7 Å². The van der Waals surface area contributed by atoms with Crippen LogP contribution in [0.5, 0.6) is 0 Å². The van der Waals surface area contributed by atoms with Crippen LogP contribution in [0.2, 0.25) is 5.02 Å². The van der Waals surface area contributed by atoms with Crippen LogP contribution in [0.3, 0.4) is 0 Å². The smallest absolute Gasteiger partial charge is 0.358 e. The molecule has 0 saturated carbocycles. The second-order valence-corrected chi connectivity index (χ2v) is 7.13. The first-order valence-corrected chi connectivity index (χ1v) is 9.76. The molecule has 0 amide bonds. The molecule has 28 heavy (non-hydrogen) atoms. The maximum atomic E-state index is 10.9. The van der Waals surface area contributed by atoms with Gasteiger partial charge >= 0.3 is 5.82 Å². The zero-order chi connectivity index (χ0) is 19.9. The molecule has 2 aromatic carbocycles. The van der Waals surface area contributed by atoms with Gasteiger partial charge in [-0.25, -0.2) is 0 Å². The van der Waals surface area contributed by atoms with E-state index in [0.29, 0.717) is 30.5 Å².